The Balaban J connectivity index is 3.09. The Labute approximate surface area is 159 Å². The third-order valence-corrected chi connectivity index (χ3v) is 4.30. The molecule has 1 aliphatic heterocycles. The van der Waals surface area contributed by atoms with Crippen molar-refractivity contribution >= 4 is 11.9 Å². The molecule has 152 valence electrons. The zero-order valence-corrected chi connectivity index (χ0v) is 16.3. The molecule has 0 aromatic heterocycles. The van der Waals surface area contributed by atoms with E-state index < -0.39 is 35.7 Å². The molecule has 0 N–H and O–H groups in total. The molecule has 0 saturated carbocycles. The maximum Gasteiger partial charge on any atom is 0.339 e. The fourth-order valence-electron chi connectivity index (χ4n) is 2.26. The molecule has 1 aliphatic rings. The van der Waals surface area contributed by atoms with E-state index in [0.29, 0.717) is 12.0 Å². The summed E-state index contributed by atoms with van der Waals surface area (Å²) < 4.78 is 32.5. The second kappa shape index (κ2) is 9.80. The number of ether oxygens (including phenoxy) is 6. The third-order valence-electron chi connectivity index (χ3n) is 4.30. The van der Waals surface area contributed by atoms with Crippen molar-refractivity contribution in [3.05, 3.63) is 37.5 Å². The second-order valence-electron chi connectivity index (χ2n) is 6.09. The molecule has 0 aromatic carbocycles. The number of hydrogen-bond donors (Lipinski definition) is 0. The van der Waals surface area contributed by atoms with Crippen LogP contribution in [0.15, 0.2) is 37.5 Å². The Morgan fingerprint density at radius 3 is 1.89 bits per heavy atom. The minimum atomic E-state index is -1.49. The van der Waals surface area contributed by atoms with Gasteiger partial charge in [-0.05, 0) is 25.8 Å². The summed E-state index contributed by atoms with van der Waals surface area (Å²) >= 11 is 0. The molecule has 0 unspecified atom stereocenters. The number of carbonyl (C=O) groups is 2. The molecule has 0 amide bonds. The number of methoxy groups -OCH3 is 2. The molecule has 1 saturated heterocycles. The Hall–Kier alpha value is -2.00. The molecule has 0 radical (unpaired) electrons. The lowest BCUT2D eigenvalue weighted by molar-refractivity contribution is -0.439. The van der Waals surface area contributed by atoms with Crippen LogP contribution in [0.4, 0.5) is 0 Å². The first-order valence-electron chi connectivity index (χ1n) is 8.38. The van der Waals surface area contributed by atoms with E-state index in [0.717, 1.165) is 0 Å². The number of hydrogen-bond acceptors (Lipinski definition) is 8. The van der Waals surface area contributed by atoms with Crippen LogP contribution in [0, 0.1) is 0 Å². The van der Waals surface area contributed by atoms with Crippen LogP contribution in [0.3, 0.4) is 0 Å². The predicted molar refractivity (Wildman–Crippen MR) is 96.6 cm³/mol. The van der Waals surface area contributed by atoms with Crippen LogP contribution in [0.5, 0.6) is 0 Å². The smallest absolute Gasteiger partial charge is 0.339 e. The lowest BCUT2D eigenvalue weighted by Gasteiger charge is -2.50. The van der Waals surface area contributed by atoms with Crippen LogP contribution in [-0.4, -0.2) is 63.2 Å². The fraction of sp³-hybridized carbons (Fsp3) is 0.579. The van der Waals surface area contributed by atoms with Gasteiger partial charge >= 0.3 is 11.9 Å². The van der Waals surface area contributed by atoms with Crippen molar-refractivity contribution in [3.8, 4) is 0 Å². The van der Waals surface area contributed by atoms with E-state index in [9.17, 15) is 9.59 Å². The highest BCUT2D eigenvalue weighted by Gasteiger charge is 2.60. The van der Waals surface area contributed by atoms with Gasteiger partial charge in [-0.15, -0.1) is 6.58 Å². The van der Waals surface area contributed by atoms with E-state index in [4.69, 9.17) is 28.4 Å². The average Bonchev–Trinajstić information content (AvgIpc) is 2.67. The minimum absolute atomic E-state index is 0.0858. The van der Waals surface area contributed by atoms with Gasteiger partial charge in [-0.2, -0.15) is 0 Å². The molecule has 1 heterocycles. The van der Waals surface area contributed by atoms with Gasteiger partial charge in [0.1, 0.15) is 6.61 Å². The summed E-state index contributed by atoms with van der Waals surface area (Å²) in [7, 11) is 2.73. The summed E-state index contributed by atoms with van der Waals surface area (Å²) in [5.41, 5.74) is 0.487. The van der Waals surface area contributed by atoms with E-state index >= 15 is 0 Å². The SMILES string of the molecule is C=CCCOC(=O)[C@@H]1O[C@@](C)(OC)[C@](C)(OC)O[C@H]1C(=O)OCC(=C)C=C. The summed E-state index contributed by atoms with van der Waals surface area (Å²) in [6, 6.07) is 0. The molecule has 0 bridgehead atoms. The average molecular weight is 384 g/mol. The van der Waals surface area contributed by atoms with E-state index in [1.54, 1.807) is 6.08 Å². The summed E-state index contributed by atoms with van der Waals surface area (Å²) in [5, 5.41) is 0. The van der Waals surface area contributed by atoms with Crippen molar-refractivity contribution in [2.24, 2.45) is 0 Å². The highest BCUT2D eigenvalue weighted by molar-refractivity contribution is 5.86. The quantitative estimate of drug-likeness (QED) is 0.244. The van der Waals surface area contributed by atoms with Crippen molar-refractivity contribution in [1.82, 2.24) is 0 Å². The maximum atomic E-state index is 12.5. The van der Waals surface area contributed by atoms with E-state index in [2.05, 4.69) is 19.7 Å². The van der Waals surface area contributed by atoms with Gasteiger partial charge in [0.15, 0.2) is 12.2 Å². The van der Waals surface area contributed by atoms with Gasteiger partial charge < -0.3 is 28.4 Å². The van der Waals surface area contributed by atoms with Gasteiger partial charge in [0.2, 0.25) is 11.6 Å². The van der Waals surface area contributed by atoms with Gasteiger partial charge in [0, 0.05) is 14.2 Å². The van der Waals surface area contributed by atoms with Gasteiger partial charge in [0.05, 0.1) is 6.61 Å². The largest absolute Gasteiger partial charge is 0.463 e. The van der Waals surface area contributed by atoms with Crippen molar-refractivity contribution < 1.29 is 38.0 Å². The van der Waals surface area contributed by atoms with Crippen LogP contribution in [0.2, 0.25) is 0 Å². The molecule has 0 spiro atoms. The molecule has 27 heavy (non-hydrogen) atoms. The summed E-state index contributed by atoms with van der Waals surface area (Å²) in [6.07, 6.45) is 0.664. The van der Waals surface area contributed by atoms with Crippen LogP contribution >= 0.6 is 0 Å². The number of esters is 2. The zero-order valence-electron chi connectivity index (χ0n) is 16.3. The lowest BCUT2D eigenvalue weighted by atomic mass is 10.0. The highest BCUT2D eigenvalue weighted by Crippen LogP contribution is 2.39. The fourth-order valence-corrected chi connectivity index (χ4v) is 2.26. The van der Waals surface area contributed by atoms with E-state index in [-0.39, 0.29) is 13.2 Å². The summed E-state index contributed by atoms with van der Waals surface area (Å²) in [5.74, 6) is -4.59. The summed E-state index contributed by atoms with van der Waals surface area (Å²) in [6.45, 7) is 13.8. The Bertz CT molecular complexity index is 586. The normalized spacial score (nSPS) is 30.2. The maximum absolute atomic E-state index is 12.5. The lowest BCUT2D eigenvalue weighted by Crippen LogP contribution is -2.68. The van der Waals surface area contributed by atoms with Gasteiger partial charge in [-0.3, -0.25) is 0 Å². The molecule has 1 rings (SSSR count). The van der Waals surface area contributed by atoms with Crippen molar-refractivity contribution in [2.75, 3.05) is 27.4 Å². The number of carbonyl (C=O) groups excluding carboxylic acids is 2. The van der Waals surface area contributed by atoms with Gasteiger partial charge in [-0.1, -0.05) is 25.3 Å². The summed E-state index contributed by atoms with van der Waals surface area (Å²) in [4.78, 5) is 25.0. The van der Waals surface area contributed by atoms with Crippen molar-refractivity contribution in [1.29, 1.82) is 0 Å². The highest BCUT2D eigenvalue weighted by atomic mass is 16.8. The first kappa shape index (κ1) is 23.0. The van der Waals surface area contributed by atoms with Crippen molar-refractivity contribution in [2.45, 2.75) is 44.1 Å². The topological polar surface area (TPSA) is 89.5 Å². The second-order valence-corrected chi connectivity index (χ2v) is 6.09. The molecule has 0 aliphatic carbocycles. The number of rotatable bonds is 10. The monoisotopic (exact) mass is 384 g/mol. The first-order valence-corrected chi connectivity index (χ1v) is 8.38. The molecular formula is C19H28O8. The predicted octanol–water partition coefficient (Wildman–Crippen LogP) is 1.90. The third kappa shape index (κ3) is 5.26. The molecule has 4 atom stereocenters. The molecule has 0 aromatic rings. The first-order chi connectivity index (χ1) is 12.7. The van der Waals surface area contributed by atoms with Crippen LogP contribution in [0.1, 0.15) is 20.3 Å². The zero-order chi connectivity index (χ0) is 20.7. The molecule has 1 fully saturated rings. The van der Waals surface area contributed by atoms with E-state index in [1.807, 2.05) is 0 Å². The van der Waals surface area contributed by atoms with Crippen LogP contribution in [-0.2, 0) is 38.0 Å². The van der Waals surface area contributed by atoms with Crippen LogP contribution in [0.25, 0.3) is 0 Å². The molecular weight excluding hydrogens is 356 g/mol. The standard InChI is InChI=1S/C19H28O8/c1-8-10-11-24-16(20)14-15(17(21)25-12-13(3)9-2)27-19(5,23-7)18(4,22-6)26-14/h8-9,14-15H,1-3,10-12H2,4-7H3/t14-,15-,18-,19-/m1/s1. The Kier molecular flexibility index (Phi) is 8.36. The van der Waals surface area contributed by atoms with Crippen molar-refractivity contribution in [3.63, 3.8) is 0 Å². The van der Waals surface area contributed by atoms with Gasteiger partial charge in [0.25, 0.3) is 0 Å². The van der Waals surface area contributed by atoms with Crippen LogP contribution < -0.4 is 0 Å². The minimum Gasteiger partial charge on any atom is -0.463 e. The Morgan fingerprint density at radius 2 is 1.48 bits per heavy atom. The Morgan fingerprint density at radius 1 is 1.00 bits per heavy atom. The van der Waals surface area contributed by atoms with E-state index in [1.165, 1.54) is 34.1 Å². The molecule has 8 nitrogen and oxygen atoms in total. The van der Waals surface area contributed by atoms with Gasteiger partial charge in [-0.25, -0.2) is 9.59 Å². The molecule has 8 heteroatoms.